The minimum absolute atomic E-state index is 0.0668. The Morgan fingerprint density at radius 2 is 2.20 bits per heavy atom. The maximum Gasteiger partial charge on any atom is 0.227 e. The van der Waals surface area contributed by atoms with Crippen LogP contribution in [0.2, 0.25) is 0 Å². The number of nitrogens with two attached hydrogens (primary N) is 1. The first-order chi connectivity index (χ1) is 9.60. The summed E-state index contributed by atoms with van der Waals surface area (Å²) in [6.45, 7) is 3.53. The molecule has 1 heterocycles. The summed E-state index contributed by atoms with van der Waals surface area (Å²) in [5.41, 5.74) is 6.30. The van der Waals surface area contributed by atoms with Gasteiger partial charge in [0, 0.05) is 17.5 Å². The van der Waals surface area contributed by atoms with Gasteiger partial charge in [0.05, 0.1) is 16.2 Å². The molecule has 2 N–H and O–H groups in total. The molecule has 0 radical (unpaired) electrons. The zero-order valence-corrected chi connectivity index (χ0v) is 14.1. The number of carbonyl (C=O) groups is 1. The maximum atomic E-state index is 12.8. The van der Waals surface area contributed by atoms with E-state index in [0.29, 0.717) is 18.4 Å². The van der Waals surface area contributed by atoms with E-state index in [4.69, 9.17) is 5.73 Å². The first-order valence-corrected chi connectivity index (χ1v) is 8.99. The topological polar surface area (TPSA) is 46.3 Å². The van der Waals surface area contributed by atoms with Gasteiger partial charge >= 0.3 is 0 Å². The third-order valence-corrected chi connectivity index (χ3v) is 6.54. The predicted molar refractivity (Wildman–Crippen MR) is 85.4 cm³/mol. The summed E-state index contributed by atoms with van der Waals surface area (Å²) in [5.74, 6) is 1.46. The fraction of sp³-hybridized carbons (Fsp3) is 0.667. The Morgan fingerprint density at radius 1 is 1.45 bits per heavy atom. The second kappa shape index (κ2) is 5.78. The van der Waals surface area contributed by atoms with Gasteiger partial charge in [0.2, 0.25) is 5.91 Å². The lowest BCUT2D eigenvalue weighted by Crippen LogP contribution is -2.46. The summed E-state index contributed by atoms with van der Waals surface area (Å²) < 4.78 is 1.12. The zero-order valence-electron chi connectivity index (χ0n) is 11.7. The van der Waals surface area contributed by atoms with Crippen LogP contribution < -0.4 is 5.73 Å². The van der Waals surface area contributed by atoms with E-state index in [-0.39, 0.29) is 17.9 Å². The molecule has 20 heavy (non-hydrogen) atoms. The van der Waals surface area contributed by atoms with E-state index in [0.717, 1.165) is 10.3 Å². The quantitative estimate of drug-likeness (QED) is 0.899. The Hall–Kier alpha value is -0.390. The van der Waals surface area contributed by atoms with Crippen LogP contribution in [0.1, 0.15) is 31.1 Å². The Kier molecular flexibility index (Phi) is 4.20. The van der Waals surface area contributed by atoms with Gasteiger partial charge in [-0.2, -0.15) is 0 Å². The van der Waals surface area contributed by atoms with Crippen LogP contribution in [-0.2, 0) is 11.3 Å². The lowest BCUT2D eigenvalue weighted by molar-refractivity contribution is -0.138. The molecule has 1 aromatic heterocycles. The molecule has 2 aliphatic rings. The molecule has 0 aromatic carbocycles. The fourth-order valence-corrected chi connectivity index (χ4v) is 5.38. The highest BCUT2D eigenvalue weighted by Gasteiger charge is 2.49. The normalized spacial score (nSPS) is 31.8. The van der Waals surface area contributed by atoms with E-state index in [1.807, 2.05) is 11.0 Å². The molecule has 1 amide bonds. The van der Waals surface area contributed by atoms with Gasteiger partial charge in [-0.25, -0.2) is 0 Å². The van der Waals surface area contributed by atoms with Crippen molar-refractivity contribution in [2.45, 2.75) is 38.8 Å². The van der Waals surface area contributed by atoms with Gasteiger partial charge < -0.3 is 10.6 Å². The lowest BCUT2D eigenvalue weighted by Gasteiger charge is -2.32. The third-order valence-electron chi connectivity index (χ3n) is 4.93. The highest BCUT2D eigenvalue weighted by molar-refractivity contribution is 9.11. The van der Waals surface area contributed by atoms with Gasteiger partial charge in [0.15, 0.2) is 0 Å². The Bertz CT molecular complexity index is 502. The summed E-state index contributed by atoms with van der Waals surface area (Å²) >= 11 is 5.18. The molecular weight excluding hydrogens is 336 g/mol. The van der Waals surface area contributed by atoms with Crippen molar-refractivity contribution < 1.29 is 4.79 Å². The van der Waals surface area contributed by atoms with Gasteiger partial charge in [-0.1, -0.05) is 0 Å². The highest BCUT2D eigenvalue weighted by Crippen LogP contribution is 2.48. The molecule has 4 unspecified atom stereocenters. The van der Waals surface area contributed by atoms with Crippen LogP contribution in [0.5, 0.6) is 0 Å². The number of thiophene rings is 1. The van der Waals surface area contributed by atoms with Crippen LogP contribution in [0.3, 0.4) is 0 Å². The average molecular weight is 357 g/mol. The lowest BCUT2D eigenvalue weighted by atomic mass is 9.84. The van der Waals surface area contributed by atoms with Crippen molar-refractivity contribution >= 4 is 33.2 Å². The predicted octanol–water partition coefficient (Wildman–Crippen LogP) is 3.23. The Labute approximate surface area is 132 Å². The van der Waals surface area contributed by atoms with E-state index < -0.39 is 0 Å². The van der Waals surface area contributed by atoms with Crippen molar-refractivity contribution in [2.75, 3.05) is 6.54 Å². The van der Waals surface area contributed by atoms with E-state index in [1.165, 1.54) is 24.1 Å². The molecule has 110 valence electrons. The van der Waals surface area contributed by atoms with Crippen LogP contribution in [0, 0.1) is 17.8 Å². The van der Waals surface area contributed by atoms with Crippen molar-refractivity contribution in [1.29, 1.82) is 0 Å². The molecular formula is C15H21BrN2OS. The van der Waals surface area contributed by atoms with Gasteiger partial charge in [-0.3, -0.25) is 4.79 Å². The number of nitrogens with zero attached hydrogens (tertiary/aromatic N) is 1. The van der Waals surface area contributed by atoms with E-state index in [1.54, 1.807) is 11.3 Å². The molecule has 3 rings (SSSR count). The molecule has 2 aliphatic carbocycles. The average Bonchev–Trinajstić information content (AvgIpc) is 3.11. The van der Waals surface area contributed by atoms with Gasteiger partial charge in [-0.15, -0.1) is 11.3 Å². The minimum Gasteiger partial charge on any atom is -0.338 e. The molecule has 0 aliphatic heterocycles. The second-order valence-electron chi connectivity index (χ2n) is 5.99. The van der Waals surface area contributed by atoms with E-state index in [2.05, 4.69) is 28.9 Å². The fourth-order valence-electron chi connectivity index (χ4n) is 3.88. The molecule has 0 spiro atoms. The van der Waals surface area contributed by atoms with E-state index >= 15 is 0 Å². The first kappa shape index (κ1) is 14.5. The molecule has 5 heteroatoms. The first-order valence-electron chi connectivity index (χ1n) is 7.38. The molecule has 2 fully saturated rings. The minimum atomic E-state index is 0.0668. The van der Waals surface area contributed by atoms with Crippen LogP contribution >= 0.6 is 27.3 Å². The Balaban J connectivity index is 1.71. The molecule has 1 aromatic rings. The number of hydrogen-bond acceptors (Lipinski definition) is 3. The molecule has 2 saturated carbocycles. The van der Waals surface area contributed by atoms with Crippen molar-refractivity contribution in [2.24, 2.45) is 23.5 Å². The summed E-state index contributed by atoms with van der Waals surface area (Å²) in [6.07, 6.45) is 3.58. The zero-order chi connectivity index (χ0) is 14.3. The highest BCUT2D eigenvalue weighted by atomic mass is 79.9. The van der Waals surface area contributed by atoms with Crippen LogP contribution in [0.15, 0.2) is 15.9 Å². The van der Waals surface area contributed by atoms with Crippen LogP contribution in [-0.4, -0.2) is 23.4 Å². The molecule has 4 atom stereocenters. The number of fused-ring (bicyclic) bond motifs is 2. The van der Waals surface area contributed by atoms with Crippen LogP contribution in [0.4, 0.5) is 0 Å². The summed E-state index contributed by atoms with van der Waals surface area (Å²) in [4.78, 5) is 16.0. The number of carbonyl (C=O) groups excluding carboxylic acids is 1. The largest absolute Gasteiger partial charge is 0.338 e. The second-order valence-corrected chi connectivity index (χ2v) is 8.54. The van der Waals surface area contributed by atoms with Crippen LogP contribution in [0.25, 0.3) is 0 Å². The Morgan fingerprint density at radius 3 is 2.75 bits per heavy atom. The number of hydrogen-bond donors (Lipinski definition) is 1. The van der Waals surface area contributed by atoms with Crippen molar-refractivity contribution in [1.82, 2.24) is 4.90 Å². The van der Waals surface area contributed by atoms with Gasteiger partial charge in [0.25, 0.3) is 0 Å². The smallest absolute Gasteiger partial charge is 0.227 e. The molecule has 3 nitrogen and oxygen atoms in total. The van der Waals surface area contributed by atoms with Crippen molar-refractivity contribution in [3.63, 3.8) is 0 Å². The number of halogens is 1. The molecule has 2 bridgehead atoms. The van der Waals surface area contributed by atoms with Crippen molar-refractivity contribution in [3.8, 4) is 0 Å². The number of rotatable bonds is 4. The molecule has 0 saturated heterocycles. The standard InChI is InChI=1S/C15H21BrN2OS/c1-2-18(8-11-5-6-12(16)20-11)15(19)13-9-3-4-10(7-9)14(13)17/h5-6,9-10,13-14H,2-4,7-8,17H2,1H3. The summed E-state index contributed by atoms with van der Waals surface area (Å²) in [6, 6.07) is 4.22. The SMILES string of the molecule is CCN(Cc1ccc(Br)s1)C(=O)C1C2CCC(C2)C1N. The van der Waals surface area contributed by atoms with Gasteiger partial charge in [0.1, 0.15) is 0 Å². The monoisotopic (exact) mass is 356 g/mol. The maximum absolute atomic E-state index is 12.8. The third kappa shape index (κ3) is 2.55. The van der Waals surface area contributed by atoms with Crippen molar-refractivity contribution in [3.05, 3.63) is 20.8 Å². The van der Waals surface area contributed by atoms with E-state index in [9.17, 15) is 4.79 Å². The van der Waals surface area contributed by atoms with Gasteiger partial charge in [-0.05, 0) is 66.1 Å². The number of amides is 1. The summed E-state index contributed by atoms with van der Waals surface area (Å²) in [7, 11) is 0. The summed E-state index contributed by atoms with van der Waals surface area (Å²) in [5, 5.41) is 0.